The van der Waals surface area contributed by atoms with Gasteiger partial charge in [-0.1, -0.05) is 17.3 Å². The van der Waals surface area contributed by atoms with Gasteiger partial charge in [0.25, 0.3) is 0 Å². The molecule has 0 unspecified atom stereocenters. The maximum Gasteiger partial charge on any atom is 0.229 e. The van der Waals surface area contributed by atoms with E-state index in [0.29, 0.717) is 18.4 Å². The van der Waals surface area contributed by atoms with E-state index in [1.807, 2.05) is 24.3 Å². The fourth-order valence-electron chi connectivity index (χ4n) is 1.79. The Bertz CT molecular complexity index is 575. The van der Waals surface area contributed by atoms with Gasteiger partial charge < -0.3 is 15.0 Å². The van der Waals surface area contributed by atoms with Crippen LogP contribution in [0.1, 0.15) is 5.56 Å². The van der Waals surface area contributed by atoms with Gasteiger partial charge in [-0.05, 0) is 17.7 Å². The summed E-state index contributed by atoms with van der Waals surface area (Å²) in [6.07, 6.45) is 1.60. The molecule has 5 heteroatoms. The summed E-state index contributed by atoms with van der Waals surface area (Å²) in [5.74, 6) is 0.998. The van der Waals surface area contributed by atoms with Gasteiger partial charge in [0, 0.05) is 5.56 Å². The fraction of sp³-hybridized carbons (Fsp3) is 0.167. The minimum atomic E-state index is 0.316. The maximum atomic E-state index is 5.69. The van der Waals surface area contributed by atoms with Crippen LogP contribution in [0.25, 0.3) is 11.1 Å². The second kappa shape index (κ2) is 3.93. The summed E-state index contributed by atoms with van der Waals surface area (Å²) in [4.78, 5) is 4.27. The minimum Gasteiger partial charge on any atom is -0.476 e. The number of hydrogen-bond donors (Lipinski definition) is 1. The number of rotatable bonds is 2. The standard InChI is InChI=1S/C12H11N3O2/c13-11-10(7-15-17-11)8-2-1-3-9(6-8)12-14-4-5-16-12/h1-3,6-7H,4-5,13H2. The molecule has 86 valence electrons. The van der Waals surface area contributed by atoms with Crippen LogP contribution in [-0.2, 0) is 4.74 Å². The normalized spacial score (nSPS) is 14.5. The molecule has 1 aliphatic rings. The topological polar surface area (TPSA) is 73.6 Å². The van der Waals surface area contributed by atoms with Gasteiger partial charge in [0.1, 0.15) is 6.61 Å². The smallest absolute Gasteiger partial charge is 0.229 e. The first-order chi connectivity index (χ1) is 8.34. The van der Waals surface area contributed by atoms with E-state index < -0.39 is 0 Å². The van der Waals surface area contributed by atoms with Crippen molar-refractivity contribution in [1.29, 1.82) is 0 Å². The Balaban J connectivity index is 2.02. The molecule has 2 heterocycles. The number of nitrogens with two attached hydrogens (primary N) is 1. The van der Waals surface area contributed by atoms with Gasteiger partial charge in [-0.25, -0.2) is 4.99 Å². The molecule has 0 atom stereocenters. The highest BCUT2D eigenvalue weighted by Gasteiger charge is 2.13. The van der Waals surface area contributed by atoms with E-state index in [-0.39, 0.29) is 0 Å². The Hall–Kier alpha value is -2.30. The predicted molar refractivity (Wildman–Crippen MR) is 63.7 cm³/mol. The SMILES string of the molecule is Nc1oncc1-c1cccc(C2=NCCO2)c1. The number of benzene rings is 1. The van der Waals surface area contributed by atoms with Crippen LogP contribution in [0.5, 0.6) is 0 Å². The summed E-state index contributed by atoms with van der Waals surface area (Å²) in [6, 6.07) is 7.80. The third kappa shape index (κ3) is 1.75. The number of aromatic nitrogens is 1. The molecule has 1 aromatic heterocycles. The molecular formula is C12H11N3O2. The lowest BCUT2D eigenvalue weighted by atomic mass is 10.1. The average Bonchev–Trinajstić information content (AvgIpc) is 2.99. The summed E-state index contributed by atoms with van der Waals surface area (Å²) < 4.78 is 10.3. The number of nitrogens with zero attached hydrogens (tertiary/aromatic N) is 2. The van der Waals surface area contributed by atoms with Crippen LogP contribution in [0.2, 0.25) is 0 Å². The van der Waals surface area contributed by atoms with Crippen molar-refractivity contribution >= 4 is 11.8 Å². The zero-order valence-electron chi connectivity index (χ0n) is 9.09. The van der Waals surface area contributed by atoms with E-state index in [1.165, 1.54) is 0 Å². The molecule has 2 N–H and O–H groups in total. The summed E-state index contributed by atoms with van der Waals surface area (Å²) in [7, 11) is 0. The first kappa shape index (κ1) is 9.89. The van der Waals surface area contributed by atoms with Crippen LogP contribution in [0.4, 0.5) is 5.88 Å². The van der Waals surface area contributed by atoms with Crippen molar-refractivity contribution in [3.63, 3.8) is 0 Å². The predicted octanol–water partition coefficient (Wildman–Crippen LogP) is 1.70. The van der Waals surface area contributed by atoms with Gasteiger partial charge in [0.2, 0.25) is 11.8 Å². The van der Waals surface area contributed by atoms with E-state index in [4.69, 9.17) is 15.0 Å². The van der Waals surface area contributed by atoms with Gasteiger partial charge in [-0.2, -0.15) is 0 Å². The molecule has 1 aromatic carbocycles. The number of ether oxygens (including phenoxy) is 1. The molecule has 0 saturated carbocycles. The lowest BCUT2D eigenvalue weighted by Gasteiger charge is -2.04. The third-order valence-corrected chi connectivity index (χ3v) is 2.60. The Morgan fingerprint density at radius 1 is 1.24 bits per heavy atom. The Morgan fingerprint density at radius 3 is 2.82 bits per heavy atom. The first-order valence-corrected chi connectivity index (χ1v) is 5.33. The van der Waals surface area contributed by atoms with E-state index in [9.17, 15) is 0 Å². The van der Waals surface area contributed by atoms with Gasteiger partial charge in [-0.15, -0.1) is 0 Å². The van der Waals surface area contributed by atoms with Crippen LogP contribution >= 0.6 is 0 Å². The molecule has 5 nitrogen and oxygen atoms in total. The molecule has 17 heavy (non-hydrogen) atoms. The van der Waals surface area contributed by atoms with Crippen LogP contribution in [-0.4, -0.2) is 24.2 Å². The summed E-state index contributed by atoms with van der Waals surface area (Å²) in [5, 5.41) is 3.66. The molecule has 3 rings (SSSR count). The quantitative estimate of drug-likeness (QED) is 0.850. The molecule has 0 amide bonds. The molecule has 2 aromatic rings. The Labute approximate surface area is 97.9 Å². The molecule has 0 aliphatic carbocycles. The second-order valence-corrected chi connectivity index (χ2v) is 3.72. The van der Waals surface area contributed by atoms with E-state index in [1.54, 1.807) is 6.20 Å². The lowest BCUT2D eigenvalue weighted by molar-refractivity contribution is 0.348. The summed E-state index contributed by atoms with van der Waals surface area (Å²) in [6.45, 7) is 1.37. The zero-order chi connectivity index (χ0) is 11.7. The van der Waals surface area contributed by atoms with Gasteiger partial charge in [0.15, 0.2) is 0 Å². The van der Waals surface area contributed by atoms with Gasteiger partial charge in [0.05, 0.1) is 18.3 Å². The largest absolute Gasteiger partial charge is 0.476 e. The second-order valence-electron chi connectivity index (χ2n) is 3.72. The highest BCUT2D eigenvalue weighted by molar-refractivity contribution is 5.96. The van der Waals surface area contributed by atoms with Crippen molar-refractivity contribution in [3.8, 4) is 11.1 Å². The lowest BCUT2D eigenvalue weighted by Crippen LogP contribution is -2.00. The van der Waals surface area contributed by atoms with Crippen LogP contribution in [0.15, 0.2) is 40.0 Å². The van der Waals surface area contributed by atoms with Crippen molar-refractivity contribution in [3.05, 3.63) is 36.0 Å². The van der Waals surface area contributed by atoms with Crippen LogP contribution < -0.4 is 5.73 Å². The van der Waals surface area contributed by atoms with Crippen molar-refractivity contribution in [2.75, 3.05) is 18.9 Å². The fourth-order valence-corrected chi connectivity index (χ4v) is 1.79. The van der Waals surface area contributed by atoms with E-state index >= 15 is 0 Å². The molecule has 0 radical (unpaired) electrons. The number of hydrogen-bond acceptors (Lipinski definition) is 5. The zero-order valence-corrected chi connectivity index (χ0v) is 9.09. The van der Waals surface area contributed by atoms with Gasteiger partial charge in [-0.3, -0.25) is 0 Å². The first-order valence-electron chi connectivity index (χ1n) is 5.33. The van der Waals surface area contributed by atoms with Gasteiger partial charge >= 0.3 is 0 Å². The molecule has 1 aliphatic heterocycles. The van der Waals surface area contributed by atoms with Crippen molar-refractivity contribution in [2.45, 2.75) is 0 Å². The van der Waals surface area contributed by atoms with Crippen LogP contribution in [0.3, 0.4) is 0 Å². The van der Waals surface area contributed by atoms with Crippen molar-refractivity contribution in [1.82, 2.24) is 5.16 Å². The molecule has 0 fully saturated rings. The Kier molecular flexibility index (Phi) is 2.29. The molecule has 0 spiro atoms. The van der Waals surface area contributed by atoms with E-state index in [2.05, 4.69) is 10.1 Å². The van der Waals surface area contributed by atoms with E-state index in [0.717, 1.165) is 23.2 Å². The number of anilines is 1. The maximum absolute atomic E-state index is 5.69. The highest BCUT2D eigenvalue weighted by atomic mass is 16.5. The molecule has 0 bridgehead atoms. The third-order valence-electron chi connectivity index (χ3n) is 2.60. The Morgan fingerprint density at radius 2 is 2.12 bits per heavy atom. The average molecular weight is 229 g/mol. The number of nitrogen functional groups attached to an aromatic ring is 1. The minimum absolute atomic E-state index is 0.316. The summed E-state index contributed by atoms with van der Waals surface area (Å²) >= 11 is 0. The monoisotopic (exact) mass is 229 g/mol. The van der Waals surface area contributed by atoms with Crippen molar-refractivity contribution in [2.24, 2.45) is 4.99 Å². The number of aliphatic imine (C=N–C) groups is 1. The molecular weight excluding hydrogens is 218 g/mol. The summed E-state index contributed by atoms with van der Waals surface area (Å²) in [5.41, 5.74) is 8.36. The van der Waals surface area contributed by atoms with Crippen molar-refractivity contribution < 1.29 is 9.26 Å². The highest BCUT2D eigenvalue weighted by Crippen LogP contribution is 2.26. The van der Waals surface area contributed by atoms with Crippen LogP contribution in [0, 0.1) is 0 Å². The molecule has 0 saturated heterocycles.